The molecule has 2 aliphatic rings. The van der Waals surface area contributed by atoms with Gasteiger partial charge in [0.25, 0.3) is 0 Å². The van der Waals surface area contributed by atoms with Crippen LogP contribution in [0.3, 0.4) is 0 Å². The van der Waals surface area contributed by atoms with E-state index in [2.05, 4.69) is 123 Å². The first kappa shape index (κ1) is 21.5. The average molecular weight is 444 g/mol. The van der Waals surface area contributed by atoms with Crippen molar-refractivity contribution >= 4 is 43.6 Å². The second-order valence-corrected chi connectivity index (χ2v) is 11.5. The molecule has 164 valence electrons. The maximum absolute atomic E-state index is 6.37. The number of hydrogen-bond donors (Lipinski definition) is 0. The topological polar surface area (TPSA) is 24.9 Å². The number of fused-ring (bicyclic) bond motifs is 1. The van der Waals surface area contributed by atoms with Crippen molar-refractivity contribution in [3.05, 3.63) is 78.9 Å². The van der Waals surface area contributed by atoms with Crippen molar-refractivity contribution in [3.8, 4) is 0 Å². The van der Waals surface area contributed by atoms with Crippen molar-refractivity contribution in [1.82, 2.24) is 0 Å². The van der Waals surface area contributed by atoms with E-state index in [1.165, 1.54) is 22.7 Å². The first-order chi connectivity index (χ1) is 15.3. The molecule has 3 aromatic rings. The van der Waals surface area contributed by atoms with E-state index < -0.39 is 8.22 Å². The van der Waals surface area contributed by atoms with E-state index in [1.807, 2.05) is 0 Å². The molecule has 0 saturated carbocycles. The van der Waals surface area contributed by atoms with Gasteiger partial charge < -0.3 is 18.6 Å². The van der Waals surface area contributed by atoms with Crippen molar-refractivity contribution in [3.63, 3.8) is 0 Å². The van der Waals surface area contributed by atoms with Crippen LogP contribution < -0.4 is 14.8 Å². The second-order valence-electron chi connectivity index (χ2n) is 9.32. The van der Waals surface area contributed by atoms with Gasteiger partial charge in [-0.25, -0.2) is 0 Å². The van der Waals surface area contributed by atoms with E-state index >= 15 is 0 Å². The Kier molecular flexibility index (Phi) is 5.32. The molecule has 32 heavy (non-hydrogen) atoms. The molecule has 5 rings (SSSR count). The number of anilines is 4. The minimum atomic E-state index is -0.627. The molecule has 6 heteroatoms. The maximum atomic E-state index is 6.37. The summed E-state index contributed by atoms with van der Waals surface area (Å²) in [5.74, 6) is 0. The molecule has 1 saturated heterocycles. The quantitative estimate of drug-likeness (QED) is 0.334. The molecule has 0 N–H and O–H groups in total. The van der Waals surface area contributed by atoms with Crippen LogP contribution in [0, 0.1) is 0 Å². The summed E-state index contributed by atoms with van der Waals surface area (Å²) in [5.41, 5.74) is 5.22. The molecule has 0 spiro atoms. The van der Waals surface area contributed by atoms with Crippen molar-refractivity contribution < 1.29 is 9.31 Å². The minimum Gasteiger partial charge on any atom is -0.399 e. The SMILES string of the molecule is CCP1N(c2ccccc2)c2ccc(B3OC(C)(C)C(C)(C)O3)cc2N1c1ccccc1. The van der Waals surface area contributed by atoms with Gasteiger partial charge in [0.2, 0.25) is 0 Å². The first-order valence-electron chi connectivity index (χ1n) is 11.3. The fourth-order valence-corrected chi connectivity index (χ4v) is 6.69. The van der Waals surface area contributed by atoms with E-state index in [4.69, 9.17) is 9.31 Å². The lowest BCUT2D eigenvalue weighted by Crippen LogP contribution is -2.41. The highest BCUT2D eigenvalue weighted by atomic mass is 31.1. The zero-order chi connectivity index (χ0) is 22.5. The molecule has 2 heterocycles. The Bertz CT molecular complexity index is 1090. The van der Waals surface area contributed by atoms with E-state index in [-0.39, 0.29) is 18.3 Å². The number of nitrogens with zero attached hydrogens (tertiary/aromatic N) is 2. The summed E-state index contributed by atoms with van der Waals surface area (Å²) in [6.45, 7) is 10.7. The van der Waals surface area contributed by atoms with Gasteiger partial charge in [-0.05, 0) is 69.6 Å². The molecule has 1 fully saturated rings. The predicted octanol–water partition coefficient (Wildman–Crippen LogP) is 6.61. The Morgan fingerprint density at radius 1 is 0.719 bits per heavy atom. The van der Waals surface area contributed by atoms with E-state index in [0.717, 1.165) is 11.6 Å². The largest absolute Gasteiger partial charge is 0.494 e. The van der Waals surface area contributed by atoms with Gasteiger partial charge >= 0.3 is 7.12 Å². The monoisotopic (exact) mass is 444 g/mol. The third kappa shape index (κ3) is 3.44. The second kappa shape index (κ2) is 7.92. The predicted molar refractivity (Wildman–Crippen MR) is 137 cm³/mol. The summed E-state index contributed by atoms with van der Waals surface area (Å²) in [7, 11) is -1.00. The smallest absolute Gasteiger partial charge is 0.399 e. The van der Waals surface area contributed by atoms with E-state index in [0.29, 0.717) is 0 Å². The highest BCUT2D eigenvalue weighted by Gasteiger charge is 2.52. The molecule has 2 aliphatic heterocycles. The minimum absolute atomic E-state index is 0.359. The third-order valence-electron chi connectivity index (χ3n) is 6.73. The number of para-hydroxylation sites is 2. The van der Waals surface area contributed by atoms with Crippen LogP contribution >= 0.6 is 8.22 Å². The number of benzene rings is 3. The number of hydrogen-bond acceptors (Lipinski definition) is 4. The van der Waals surface area contributed by atoms with Crippen LogP contribution in [0.1, 0.15) is 34.6 Å². The maximum Gasteiger partial charge on any atom is 0.494 e. The number of rotatable bonds is 4. The molecular formula is C26H30BN2O2P. The highest BCUT2D eigenvalue weighted by molar-refractivity contribution is 7.62. The first-order valence-corrected chi connectivity index (χ1v) is 12.7. The Balaban J connectivity index is 1.63. The summed E-state index contributed by atoms with van der Waals surface area (Å²) in [4.78, 5) is 0. The van der Waals surface area contributed by atoms with E-state index in [1.54, 1.807) is 0 Å². The Hall–Kier alpha value is -2.33. The van der Waals surface area contributed by atoms with Gasteiger partial charge in [-0.2, -0.15) is 0 Å². The van der Waals surface area contributed by atoms with Crippen molar-refractivity contribution in [2.24, 2.45) is 0 Å². The normalized spacial score (nSPS) is 21.2. The summed E-state index contributed by atoms with van der Waals surface area (Å²) in [6.07, 6.45) is 1.04. The molecule has 3 aromatic carbocycles. The third-order valence-corrected chi connectivity index (χ3v) is 9.11. The molecule has 4 nitrogen and oxygen atoms in total. The van der Waals surface area contributed by atoms with Crippen molar-refractivity contribution in [2.75, 3.05) is 15.5 Å². The van der Waals surface area contributed by atoms with E-state index in [9.17, 15) is 0 Å². The fraction of sp³-hybridized carbons (Fsp3) is 0.308. The fourth-order valence-electron chi connectivity index (χ4n) is 4.32. The summed E-state index contributed by atoms with van der Waals surface area (Å²) >= 11 is 0. The molecule has 1 unspecified atom stereocenters. The molecule has 1 atom stereocenters. The summed E-state index contributed by atoms with van der Waals surface area (Å²) in [6, 6.07) is 28.1. The van der Waals surface area contributed by atoms with Gasteiger partial charge in [-0.3, -0.25) is 0 Å². The summed E-state index contributed by atoms with van der Waals surface area (Å²) in [5, 5.41) is 0. The lowest BCUT2D eigenvalue weighted by Gasteiger charge is -2.32. The van der Waals surface area contributed by atoms with Gasteiger partial charge in [0.05, 0.1) is 22.6 Å². The van der Waals surface area contributed by atoms with Crippen LogP contribution in [-0.4, -0.2) is 24.5 Å². The molecule has 0 bridgehead atoms. The van der Waals surface area contributed by atoms with Gasteiger partial charge in [0.1, 0.15) is 8.22 Å². The van der Waals surface area contributed by atoms with Gasteiger partial charge in [0.15, 0.2) is 0 Å². The molecule has 0 radical (unpaired) electrons. The Labute approximate surface area is 193 Å². The Morgan fingerprint density at radius 2 is 1.22 bits per heavy atom. The van der Waals surface area contributed by atoms with Crippen molar-refractivity contribution in [2.45, 2.75) is 45.8 Å². The zero-order valence-corrected chi connectivity index (χ0v) is 20.3. The molecular weight excluding hydrogens is 414 g/mol. The zero-order valence-electron chi connectivity index (χ0n) is 19.4. The van der Waals surface area contributed by atoms with Crippen molar-refractivity contribution in [1.29, 1.82) is 0 Å². The van der Waals surface area contributed by atoms with Gasteiger partial charge in [-0.15, -0.1) is 0 Å². The van der Waals surface area contributed by atoms with Crippen LogP contribution in [0.5, 0.6) is 0 Å². The summed E-state index contributed by atoms with van der Waals surface area (Å²) < 4.78 is 17.7. The van der Waals surface area contributed by atoms with Gasteiger partial charge in [-0.1, -0.05) is 49.4 Å². The van der Waals surface area contributed by atoms with Gasteiger partial charge in [0, 0.05) is 17.5 Å². The van der Waals surface area contributed by atoms with Crippen LogP contribution in [0.2, 0.25) is 0 Å². The Morgan fingerprint density at radius 3 is 1.72 bits per heavy atom. The highest BCUT2D eigenvalue weighted by Crippen LogP contribution is 2.64. The lowest BCUT2D eigenvalue weighted by molar-refractivity contribution is 0.00578. The molecule has 0 aliphatic carbocycles. The van der Waals surface area contributed by atoms with Crippen LogP contribution in [-0.2, 0) is 9.31 Å². The standard InChI is InChI=1S/C26H30BN2O2P/c1-6-32-28(21-13-9-7-10-14-21)23-18-17-20(27-30-25(2,3)26(4,5)31-27)19-24(23)29(32)22-15-11-8-12-16-22/h7-19H,6H2,1-5H3. The van der Waals surface area contributed by atoms with Crippen LogP contribution in [0.4, 0.5) is 22.7 Å². The van der Waals surface area contributed by atoms with Crippen LogP contribution in [0.15, 0.2) is 78.9 Å². The average Bonchev–Trinajstić information content (AvgIpc) is 3.24. The molecule has 0 amide bonds. The molecule has 0 aromatic heterocycles. The van der Waals surface area contributed by atoms with Crippen LogP contribution in [0.25, 0.3) is 0 Å². The lowest BCUT2D eigenvalue weighted by atomic mass is 9.78.